The number of benzene rings is 2. The zero-order valence-electron chi connectivity index (χ0n) is 24.2. The van der Waals surface area contributed by atoms with Gasteiger partial charge >= 0.3 is 6.18 Å². The highest BCUT2D eigenvalue weighted by atomic mass is 19.4. The van der Waals surface area contributed by atoms with Gasteiger partial charge in [-0.1, -0.05) is 0 Å². The molecule has 0 unspecified atom stereocenters. The monoisotopic (exact) mass is 621 g/mol. The Bertz CT molecular complexity index is 1550. The summed E-state index contributed by atoms with van der Waals surface area (Å²) in [6.07, 6.45) is -6.14. The largest absolute Gasteiger partial charge is 0.493 e. The average molecular weight is 622 g/mol. The molecule has 10 nitrogen and oxygen atoms in total. The third kappa shape index (κ3) is 6.55. The van der Waals surface area contributed by atoms with Crippen LogP contribution < -0.4 is 24.8 Å². The van der Waals surface area contributed by atoms with Crippen molar-refractivity contribution >= 4 is 11.8 Å². The number of hydrogen-bond donors (Lipinski definition) is 4. The van der Waals surface area contributed by atoms with Gasteiger partial charge in [0.05, 0.1) is 25.5 Å². The molecule has 44 heavy (non-hydrogen) atoms. The highest BCUT2D eigenvalue weighted by Gasteiger charge is 2.57. The van der Waals surface area contributed by atoms with Crippen molar-refractivity contribution in [2.24, 2.45) is 0 Å². The van der Waals surface area contributed by atoms with E-state index < -0.39 is 53.3 Å². The lowest BCUT2D eigenvalue weighted by Crippen LogP contribution is -2.52. The minimum atomic E-state index is -5.35. The normalized spacial score (nSPS) is 18.0. The van der Waals surface area contributed by atoms with Gasteiger partial charge in [-0.2, -0.15) is 13.2 Å². The predicted molar refractivity (Wildman–Crippen MR) is 149 cm³/mol. The van der Waals surface area contributed by atoms with Gasteiger partial charge in [-0.05, 0) is 62.4 Å². The van der Waals surface area contributed by atoms with Crippen LogP contribution in [0, 0.1) is 5.82 Å². The number of pyridine rings is 1. The van der Waals surface area contributed by atoms with Crippen LogP contribution in [0.3, 0.4) is 0 Å². The fourth-order valence-electron chi connectivity index (χ4n) is 4.68. The molecule has 3 atom stereocenters. The van der Waals surface area contributed by atoms with Crippen molar-refractivity contribution in [3.05, 3.63) is 71.2 Å². The van der Waals surface area contributed by atoms with Crippen LogP contribution >= 0.6 is 0 Å². The number of aromatic nitrogens is 1. The summed E-state index contributed by atoms with van der Waals surface area (Å²) in [5.74, 6) is -1.72. The number of nitrogens with one attached hydrogen (secondary N) is 2. The molecule has 0 radical (unpaired) electrons. The van der Waals surface area contributed by atoms with Crippen LogP contribution in [0.1, 0.15) is 42.4 Å². The molecule has 0 fully saturated rings. The molecule has 0 bridgehead atoms. The fourth-order valence-corrected chi connectivity index (χ4v) is 4.68. The Morgan fingerprint density at radius 3 is 2.41 bits per heavy atom. The second-order valence-corrected chi connectivity index (χ2v) is 10.6. The van der Waals surface area contributed by atoms with Crippen LogP contribution in [0.15, 0.2) is 48.5 Å². The number of fused-ring (bicyclic) bond motifs is 1. The van der Waals surface area contributed by atoms with E-state index in [0.29, 0.717) is 0 Å². The van der Waals surface area contributed by atoms with Crippen LogP contribution in [-0.4, -0.2) is 66.2 Å². The molecule has 14 heteroatoms. The summed E-state index contributed by atoms with van der Waals surface area (Å²) in [4.78, 5) is 29.1. The van der Waals surface area contributed by atoms with E-state index in [9.17, 15) is 37.4 Å². The Morgan fingerprint density at radius 1 is 1.14 bits per heavy atom. The number of rotatable bonds is 10. The van der Waals surface area contributed by atoms with Crippen LogP contribution in [0.25, 0.3) is 11.3 Å². The van der Waals surface area contributed by atoms with Crippen LogP contribution in [0.2, 0.25) is 0 Å². The molecular weight excluding hydrogens is 590 g/mol. The van der Waals surface area contributed by atoms with E-state index in [1.54, 1.807) is 0 Å². The standard InChI is InChI=1S/C30H31F4N3O7/c1-16(38)13-43-22-10-7-19(11-23(22)42-4)27(40)35-14-29(41,30(32,33)34)24-12-21-26(44-15-28(21,3)37-17(2)39)25(36-24)18-5-8-20(31)9-6-18/h5-12,16,38,41H,13-15H2,1-4H3,(H,35,40)(H,37,39)/t16-,28+,29+/m1/s1. The number of alkyl halides is 3. The second kappa shape index (κ2) is 12.3. The molecule has 3 aromatic rings. The summed E-state index contributed by atoms with van der Waals surface area (Å²) in [7, 11) is 1.30. The molecule has 4 rings (SSSR count). The van der Waals surface area contributed by atoms with E-state index in [-0.39, 0.29) is 52.8 Å². The summed E-state index contributed by atoms with van der Waals surface area (Å²) in [6.45, 7) is 2.71. The first kappa shape index (κ1) is 32.5. The van der Waals surface area contributed by atoms with E-state index >= 15 is 0 Å². The maximum Gasteiger partial charge on any atom is 0.424 e. The van der Waals surface area contributed by atoms with Gasteiger partial charge in [-0.25, -0.2) is 9.37 Å². The van der Waals surface area contributed by atoms with Gasteiger partial charge in [0.2, 0.25) is 11.5 Å². The Labute approximate surface area is 250 Å². The van der Waals surface area contributed by atoms with Crippen molar-refractivity contribution in [1.29, 1.82) is 0 Å². The Morgan fingerprint density at radius 2 is 1.82 bits per heavy atom. The maximum absolute atomic E-state index is 14.7. The zero-order valence-corrected chi connectivity index (χ0v) is 24.2. The summed E-state index contributed by atoms with van der Waals surface area (Å²) < 4.78 is 74.0. The second-order valence-electron chi connectivity index (χ2n) is 10.6. The summed E-state index contributed by atoms with van der Waals surface area (Å²) in [5.41, 5.74) is -5.83. The molecule has 0 spiro atoms. The first-order valence-electron chi connectivity index (χ1n) is 13.4. The van der Waals surface area contributed by atoms with Crippen molar-refractivity contribution in [3.63, 3.8) is 0 Å². The maximum atomic E-state index is 14.7. The third-order valence-corrected chi connectivity index (χ3v) is 6.95. The Balaban J connectivity index is 1.74. The predicted octanol–water partition coefficient (Wildman–Crippen LogP) is 3.58. The minimum absolute atomic E-state index is 0.0511. The summed E-state index contributed by atoms with van der Waals surface area (Å²) in [5, 5.41) is 25.4. The Hall–Kier alpha value is -4.43. The lowest BCUT2D eigenvalue weighted by Gasteiger charge is -2.32. The quantitative estimate of drug-likeness (QED) is 0.252. The van der Waals surface area contributed by atoms with Gasteiger partial charge in [-0.3, -0.25) is 9.59 Å². The molecule has 2 amide bonds. The number of aliphatic hydroxyl groups excluding tert-OH is 1. The molecule has 2 heterocycles. The van der Waals surface area contributed by atoms with Gasteiger partial charge < -0.3 is 35.1 Å². The topological polar surface area (TPSA) is 139 Å². The SMILES string of the molecule is COc1cc(C(=O)NC[C@](O)(c2cc3c(c(-c4ccc(F)cc4)n2)OC[C@]3(C)NC(C)=O)C(F)(F)F)ccc1OC[C@@H](C)O. The number of aliphatic hydroxyl groups is 2. The molecule has 0 saturated carbocycles. The van der Waals surface area contributed by atoms with E-state index in [4.69, 9.17) is 14.2 Å². The molecular formula is C30H31F4N3O7. The number of carbonyl (C=O) groups excluding carboxylic acids is 2. The molecule has 236 valence electrons. The van der Waals surface area contributed by atoms with Gasteiger partial charge in [-0.15, -0.1) is 0 Å². The van der Waals surface area contributed by atoms with Crippen molar-refractivity contribution in [3.8, 4) is 28.5 Å². The number of methoxy groups -OCH3 is 1. The molecule has 1 aliphatic rings. The van der Waals surface area contributed by atoms with E-state index in [1.807, 2.05) is 0 Å². The molecule has 1 aliphatic heterocycles. The van der Waals surface area contributed by atoms with Crippen molar-refractivity contribution in [2.45, 2.75) is 44.2 Å². The van der Waals surface area contributed by atoms with Gasteiger partial charge in [0.1, 0.15) is 30.3 Å². The summed E-state index contributed by atoms with van der Waals surface area (Å²) >= 11 is 0. The number of hydrogen-bond acceptors (Lipinski definition) is 8. The number of halogens is 4. The highest BCUT2D eigenvalue weighted by Crippen LogP contribution is 2.47. The van der Waals surface area contributed by atoms with Gasteiger partial charge in [0.15, 0.2) is 17.2 Å². The van der Waals surface area contributed by atoms with E-state index in [0.717, 1.165) is 18.2 Å². The van der Waals surface area contributed by atoms with Gasteiger partial charge in [0, 0.05) is 23.6 Å². The van der Waals surface area contributed by atoms with Crippen molar-refractivity contribution < 1.29 is 51.6 Å². The zero-order chi connectivity index (χ0) is 32.4. The molecule has 4 N–H and O–H groups in total. The first-order valence-corrected chi connectivity index (χ1v) is 13.4. The Kier molecular flexibility index (Phi) is 9.07. The van der Waals surface area contributed by atoms with E-state index in [2.05, 4.69) is 15.6 Å². The highest BCUT2D eigenvalue weighted by molar-refractivity contribution is 5.95. The van der Waals surface area contributed by atoms with E-state index in [1.165, 1.54) is 58.2 Å². The van der Waals surface area contributed by atoms with Crippen molar-refractivity contribution in [2.75, 3.05) is 26.9 Å². The third-order valence-electron chi connectivity index (χ3n) is 6.95. The van der Waals surface area contributed by atoms with Crippen LogP contribution in [0.5, 0.6) is 17.2 Å². The van der Waals surface area contributed by atoms with Gasteiger partial charge in [0.25, 0.3) is 5.91 Å². The fraction of sp³-hybridized carbons (Fsp3) is 0.367. The molecule has 0 aliphatic carbocycles. The van der Waals surface area contributed by atoms with Crippen molar-refractivity contribution in [1.82, 2.24) is 15.6 Å². The summed E-state index contributed by atoms with van der Waals surface area (Å²) in [6, 6.07) is 9.58. The number of ether oxygens (including phenoxy) is 3. The lowest BCUT2D eigenvalue weighted by atomic mass is 9.88. The molecule has 0 saturated heterocycles. The molecule has 2 aromatic carbocycles. The van der Waals surface area contributed by atoms with Crippen LogP contribution in [0.4, 0.5) is 17.6 Å². The number of amides is 2. The minimum Gasteiger partial charge on any atom is -0.493 e. The first-order chi connectivity index (χ1) is 20.6. The lowest BCUT2D eigenvalue weighted by molar-refractivity contribution is -0.265. The molecule has 1 aromatic heterocycles. The number of nitrogens with zero attached hydrogens (tertiary/aromatic N) is 1. The average Bonchev–Trinajstić information content (AvgIpc) is 3.29. The number of carbonyl (C=O) groups is 2. The smallest absolute Gasteiger partial charge is 0.424 e. The van der Waals surface area contributed by atoms with Crippen LogP contribution in [-0.2, 0) is 15.9 Å².